The van der Waals surface area contributed by atoms with Gasteiger partial charge in [-0.2, -0.15) is 0 Å². The zero-order valence-corrected chi connectivity index (χ0v) is 11.6. The topological polar surface area (TPSA) is 73.6 Å². The summed E-state index contributed by atoms with van der Waals surface area (Å²) in [6, 6.07) is 7.13. The number of anilines is 1. The van der Waals surface area contributed by atoms with E-state index >= 15 is 0 Å². The predicted molar refractivity (Wildman–Crippen MR) is 79.6 cm³/mol. The molecule has 1 aromatic carbocycles. The minimum absolute atomic E-state index is 0.0544. The van der Waals surface area contributed by atoms with Crippen LogP contribution < -0.4 is 15.8 Å². The number of benzene rings is 1. The standard InChI is InChI=1S/C15H22N2O3/c1-2-3-9-19-11-8-17-15(18)7-10-20-14-6-4-5-13(16)12-14/h2,4-6,12H,1,3,7-11,16H2,(H,17,18). The molecular weight excluding hydrogens is 256 g/mol. The van der Waals surface area contributed by atoms with Crippen LogP contribution in [0.5, 0.6) is 5.75 Å². The van der Waals surface area contributed by atoms with Crippen molar-refractivity contribution in [2.75, 3.05) is 32.1 Å². The molecule has 0 saturated heterocycles. The molecule has 0 spiro atoms. The van der Waals surface area contributed by atoms with E-state index in [1.165, 1.54) is 0 Å². The van der Waals surface area contributed by atoms with Gasteiger partial charge in [-0.15, -0.1) is 6.58 Å². The Morgan fingerprint density at radius 2 is 2.20 bits per heavy atom. The van der Waals surface area contributed by atoms with Crippen LogP contribution in [-0.4, -0.2) is 32.3 Å². The van der Waals surface area contributed by atoms with Gasteiger partial charge in [0.1, 0.15) is 5.75 Å². The van der Waals surface area contributed by atoms with E-state index < -0.39 is 0 Å². The van der Waals surface area contributed by atoms with Gasteiger partial charge in [0.2, 0.25) is 5.91 Å². The number of nitrogens with one attached hydrogen (secondary N) is 1. The van der Waals surface area contributed by atoms with Crippen molar-refractivity contribution in [2.24, 2.45) is 0 Å². The van der Waals surface area contributed by atoms with Gasteiger partial charge in [0.05, 0.1) is 26.2 Å². The number of amides is 1. The van der Waals surface area contributed by atoms with Crippen molar-refractivity contribution >= 4 is 11.6 Å². The maximum absolute atomic E-state index is 11.5. The molecule has 5 nitrogen and oxygen atoms in total. The molecule has 20 heavy (non-hydrogen) atoms. The van der Waals surface area contributed by atoms with Crippen molar-refractivity contribution in [3.8, 4) is 5.75 Å². The SMILES string of the molecule is C=CCCOCCNC(=O)CCOc1cccc(N)c1. The summed E-state index contributed by atoms with van der Waals surface area (Å²) in [6.45, 7) is 5.58. The van der Waals surface area contributed by atoms with Crippen LogP contribution in [0.4, 0.5) is 5.69 Å². The van der Waals surface area contributed by atoms with Gasteiger partial charge in [-0.05, 0) is 18.6 Å². The minimum atomic E-state index is -0.0544. The molecule has 1 amide bonds. The highest BCUT2D eigenvalue weighted by molar-refractivity contribution is 5.75. The lowest BCUT2D eigenvalue weighted by atomic mass is 10.3. The van der Waals surface area contributed by atoms with Crippen LogP contribution in [0.2, 0.25) is 0 Å². The minimum Gasteiger partial charge on any atom is -0.493 e. The molecule has 0 aromatic heterocycles. The van der Waals surface area contributed by atoms with E-state index in [0.29, 0.717) is 44.2 Å². The van der Waals surface area contributed by atoms with Gasteiger partial charge in [-0.25, -0.2) is 0 Å². The van der Waals surface area contributed by atoms with E-state index in [4.69, 9.17) is 15.2 Å². The van der Waals surface area contributed by atoms with Crippen molar-refractivity contribution in [1.82, 2.24) is 5.32 Å². The van der Waals surface area contributed by atoms with Crippen LogP contribution in [0.3, 0.4) is 0 Å². The van der Waals surface area contributed by atoms with E-state index in [2.05, 4.69) is 11.9 Å². The first kappa shape index (κ1) is 16.0. The molecule has 0 aliphatic rings. The number of nitrogen functional groups attached to an aromatic ring is 1. The second-order valence-electron chi connectivity index (χ2n) is 4.21. The molecule has 0 atom stereocenters. The first-order chi connectivity index (χ1) is 9.72. The third-order valence-corrected chi connectivity index (χ3v) is 2.49. The Labute approximate surface area is 119 Å². The molecule has 0 heterocycles. The molecular formula is C15H22N2O3. The molecule has 0 saturated carbocycles. The number of carbonyl (C=O) groups excluding carboxylic acids is 1. The largest absolute Gasteiger partial charge is 0.493 e. The van der Waals surface area contributed by atoms with Crippen LogP contribution in [0.15, 0.2) is 36.9 Å². The fourth-order valence-electron chi connectivity index (χ4n) is 1.49. The fourth-order valence-corrected chi connectivity index (χ4v) is 1.49. The second-order valence-corrected chi connectivity index (χ2v) is 4.21. The van der Waals surface area contributed by atoms with Crippen LogP contribution in [0.25, 0.3) is 0 Å². The average Bonchev–Trinajstić information content (AvgIpc) is 2.43. The quantitative estimate of drug-likeness (QED) is 0.388. The maximum atomic E-state index is 11.5. The molecule has 0 fully saturated rings. The van der Waals surface area contributed by atoms with Crippen LogP contribution >= 0.6 is 0 Å². The Morgan fingerprint density at radius 1 is 1.35 bits per heavy atom. The summed E-state index contributed by atoms with van der Waals surface area (Å²) in [5, 5.41) is 2.76. The fraction of sp³-hybridized carbons (Fsp3) is 0.400. The Balaban J connectivity index is 2.04. The highest BCUT2D eigenvalue weighted by Crippen LogP contribution is 2.14. The van der Waals surface area contributed by atoms with E-state index in [1.807, 2.05) is 12.1 Å². The second kappa shape index (κ2) is 9.86. The molecule has 3 N–H and O–H groups in total. The summed E-state index contributed by atoms with van der Waals surface area (Å²) in [5.41, 5.74) is 6.27. The Bertz CT molecular complexity index is 421. The van der Waals surface area contributed by atoms with Crippen LogP contribution in [-0.2, 0) is 9.53 Å². The molecule has 110 valence electrons. The molecule has 0 aliphatic heterocycles. The first-order valence-electron chi connectivity index (χ1n) is 6.66. The van der Waals surface area contributed by atoms with Crippen molar-refractivity contribution in [3.63, 3.8) is 0 Å². The molecule has 1 rings (SSSR count). The zero-order valence-electron chi connectivity index (χ0n) is 11.6. The summed E-state index contributed by atoms with van der Waals surface area (Å²) in [7, 11) is 0. The molecule has 5 heteroatoms. The Kier molecular flexibility index (Phi) is 7.91. The third kappa shape index (κ3) is 7.43. The van der Waals surface area contributed by atoms with E-state index in [9.17, 15) is 4.79 Å². The van der Waals surface area contributed by atoms with Crippen molar-refractivity contribution in [2.45, 2.75) is 12.8 Å². The normalized spacial score (nSPS) is 10.0. The summed E-state index contributed by atoms with van der Waals surface area (Å²) < 4.78 is 10.7. The number of rotatable bonds is 10. The highest BCUT2D eigenvalue weighted by Gasteiger charge is 2.01. The Morgan fingerprint density at radius 3 is 2.95 bits per heavy atom. The highest BCUT2D eigenvalue weighted by atomic mass is 16.5. The number of hydrogen-bond donors (Lipinski definition) is 2. The van der Waals surface area contributed by atoms with Crippen molar-refractivity contribution < 1.29 is 14.3 Å². The van der Waals surface area contributed by atoms with Gasteiger partial charge in [0, 0.05) is 18.3 Å². The third-order valence-electron chi connectivity index (χ3n) is 2.49. The van der Waals surface area contributed by atoms with Gasteiger partial charge >= 0.3 is 0 Å². The van der Waals surface area contributed by atoms with Gasteiger partial charge in [-0.3, -0.25) is 4.79 Å². The molecule has 0 unspecified atom stereocenters. The van der Waals surface area contributed by atoms with E-state index in [-0.39, 0.29) is 5.91 Å². The zero-order chi connectivity index (χ0) is 14.6. The van der Waals surface area contributed by atoms with Crippen LogP contribution in [0.1, 0.15) is 12.8 Å². The molecule has 0 bridgehead atoms. The maximum Gasteiger partial charge on any atom is 0.223 e. The lowest BCUT2D eigenvalue weighted by Gasteiger charge is -2.08. The number of nitrogens with two attached hydrogens (primary N) is 1. The smallest absolute Gasteiger partial charge is 0.223 e. The molecule has 0 radical (unpaired) electrons. The lowest BCUT2D eigenvalue weighted by Crippen LogP contribution is -2.28. The summed E-state index contributed by atoms with van der Waals surface area (Å²) in [6.07, 6.45) is 2.93. The summed E-state index contributed by atoms with van der Waals surface area (Å²) in [4.78, 5) is 11.5. The molecule has 1 aromatic rings. The number of hydrogen-bond acceptors (Lipinski definition) is 4. The van der Waals surface area contributed by atoms with Crippen molar-refractivity contribution in [1.29, 1.82) is 0 Å². The van der Waals surface area contributed by atoms with Crippen molar-refractivity contribution in [3.05, 3.63) is 36.9 Å². The van der Waals surface area contributed by atoms with Gasteiger partial charge in [-0.1, -0.05) is 12.1 Å². The molecule has 0 aliphatic carbocycles. The van der Waals surface area contributed by atoms with Crippen LogP contribution in [0, 0.1) is 0 Å². The average molecular weight is 278 g/mol. The van der Waals surface area contributed by atoms with E-state index in [0.717, 1.165) is 6.42 Å². The number of ether oxygens (including phenoxy) is 2. The first-order valence-corrected chi connectivity index (χ1v) is 6.66. The number of carbonyl (C=O) groups is 1. The Hall–Kier alpha value is -2.01. The van der Waals surface area contributed by atoms with Gasteiger partial charge in [0.25, 0.3) is 0 Å². The van der Waals surface area contributed by atoms with E-state index in [1.54, 1.807) is 18.2 Å². The monoisotopic (exact) mass is 278 g/mol. The predicted octanol–water partition coefficient (Wildman–Crippen LogP) is 1.75. The lowest BCUT2D eigenvalue weighted by molar-refractivity contribution is -0.121. The summed E-state index contributed by atoms with van der Waals surface area (Å²) in [5.74, 6) is 0.617. The summed E-state index contributed by atoms with van der Waals surface area (Å²) >= 11 is 0. The van der Waals surface area contributed by atoms with Gasteiger partial charge < -0.3 is 20.5 Å². The van der Waals surface area contributed by atoms with Gasteiger partial charge in [0.15, 0.2) is 0 Å².